The topological polar surface area (TPSA) is 74.7 Å². The molecule has 0 amide bonds. The number of rotatable bonds is 5. The Bertz CT molecular complexity index is 1090. The van der Waals surface area contributed by atoms with Crippen LogP contribution in [0.15, 0.2) is 45.8 Å². The van der Waals surface area contributed by atoms with Crippen LogP contribution >= 0.6 is 11.6 Å². The number of nitrogens with zero attached hydrogens (tertiary/aromatic N) is 5. The van der Waals surface area contributed by atoms with Gasteiger partial charge in [-0.3, -0.25) is 18.9 Å². The molecule has 0 saturated carbocycles. The highest BCUT2D eigenvalue weighted by molar-refractivity contribution is 6.29. The molecule has 0 atom stereocenters. The number of fused-ring (bicyclic) bond motifs is 1. The van der Waals surface area contributed by atoms with Gasteiger partial charge in [-0.05, 0) is 49.6 Å². The average molecular weight is 374 g/mol. The number of hydrogen-bond donors (Lipinski definition) is 0. The molecule has 3 aromatic heterocycles. The molecule has 3 rings (SSSR count). The maximum atomic E-state index is 13.0. The molecule has 0 saturated heterocycles. The predicted octanol–water partition coefficient (Wildman–Crippen LogP) is 2.15. The third kappa shape index (κ3) is 3.35. The lowest BCUT2D eigenvalue weighted by atomic mass is 10.2. The Morgan fingerprint density at radius 3 is 2.54 bits per heavy atom. The van der Waals surface area contributed by atoms with Gasteiger partial charge in [0.05, 0.1) is 0 Å². The summed E-state index contributed by atoms with van der Waals surface area (Å²) >= 11 is 6.22. The summed E-state index contributed by atoms with van der Waals surface area (Å²) in [6, 6.07) is 3.73. The highest BCUT2D eigenvalue weighted by Gasteiger charge is 2.18. The molecular formula is C18H20ClN5O2. The maximum Gasteiger partial charge on any atom is 0.332 e. The zero-order valence-corrected chi connectivity index (χ0v) is 15.7. The molecule has 0 aliphatic heterocycles. The summed E-state index contributed by atoms with van der Waals surface area (Å²) in [5, 5.41) is 0.191. The lowest BCUT2D eigenvalue weighted by molar-refractivity contribution is 0.600. The van der Waals surface area contributed by atoms with Crippen molar-refractivity contribution in [3.8, 4) is 0 Å². The van der Waals surface area contributed by atoms with Crippen molar-refractivity contribution in [1.82, 2.24) is 23.7 Å². The van der Waals surface area contributed by atoms with E-state index in [1.807, 2.05) is 32.1 Å². The third-order valence-corrected chi connectivity index (χ3v) is 4.53. The van der Waals surface area contributed by atoms with E-state index in [1.165, 1.54) is 9.13 Å². The summed E-state index contributed by atoms with van der Waals surface area (Å²) in [5.41, 5.74) is 1.96. The van der Waals surface area contributed by atoms with Crippen molar-refractivity contribution < 1.29 is 0 Å². The molecule has 136 valence electrons. The highest BCUT2D eigenvalue weighted by Crippen LogP contribution is 2.16. The molecule has 0 radical (unpaired) electrons. The number of aromatic nitrogens is 5. The van der Waals surface area contributed by atoms with Crippen LogP contribution in [0.2, 0.25) is 5.28 Å². The maximum absolute atomic E-state index is 13.0. The van der Waals surface area contributed by atoms with Crippen molar-refractivity contribution in [1.29, 1.82) is 0 Å². The van der Waals surface area contributed by atoms with E-state index in [0.717, 1.165) is 11.1 Å². The lowest BCUT2D eigenvalue weighted by Gasteiger charge is -2.09. The molecule has 0 fully saturated rings. The van der Waals surface area contributed by atoms with Crippen molar-refractivity contribution in [2.24, 2.45) is 7.05 Å². The zero-order chi connectivity index (χ0) is 18.8. The first-order chi connectivity index (χ1) is 12.4. The quantitative estimate of drug-likeness (QED) is 0.507. The minimum absolute atomic E-state index is 0.191. The van der Waals surface area contributed by atoms with Gasteiger partial charge in [-0.25, -0.2) is 4.79 Å². The second kappa shape index (κ2) is 7.29. The number of hydrogen-bond acceptors (Lipinski definition) is 4. The van der Waals surface area contributed by atoms with E-state index in [1.54, 1.807) is 24.0 Å². The van der Waals surface area contributed by atoms with Gasteiger partial charge in [-0.1, -0.05) is 11.6 Å². The molecule has 0 aliphatic rings. The number of allylic oxidation sites excluding steroid dienone is 2. The molecule has 0 bridgehead atoms. The summed E-state index contributed by atoms with van der Waals surface area (Å²) in [6.45, 7) is 4.64. The molecule has 7 nitrogen and oxygen atoms in total. The summed E-state index contributed by atoms with van der Waals surface area (Å²) in [6.07, 6.45) is 5.89. The molecule has 3 aromatic rings. The Morgan fingerprint density at radius 1 is 1.19 bits per heavy atom. The minimum Gasteiger partial charge on any atom is -0.305 e. The zero-order valence-electron chi connectivity index (χ0n) is 14.9. The molecule has 0 aromatic carbocycles. The smallest absolute Gasteiger partial charge is 0.305 e. The van der Waals surface area contributed by atoms with E-state index in [-0.39, 0.29) is 17.4 Å². The van der Waals surface area contributed by atoms with Crippen molar-refractivity contribution in [3.63, 3.8) is 0 Å². The van der Waals surface area contributed by atoms with Crippen LogP contribution in [0.3, 0.4) is 0 Å². The first-order valence-corrected chi connectivity index (χ1v) is 8.65. The van der Waals surface area contributed by atoms with Gasteiger partial charge in [-0.2, -0.15) is 4.98 Å². The molecule has 3 heterocycles. The number of aryl methyl sites for hydroxylation is 2. The molecular weight excluding hydrogens is 354 g/mol. The van der Waals surface area contributed by atoms with E-state index in [0.29, 0.717) is 24.1 Å². The standard InChI is InChI=1S/C18H20ClN5O2/c1-12(2)6-10-23-14-15(21-17(23)19)22(3)18(26)24(16(14)25)11-7-13-4-8-20-9-5-13/h4-6,8-9H,7,10-11H2,1-3H3. The van der Waals surface area contributed by atoms with Crippen LogP contribution in [0.5, 0.6) is 0 Å². The molecule has 26 heavy (non-hydrogen) atoms. The fourth-order valence-electron chi connectivity index (χ4n) is 2.77. The van der Waals surface area contributed by atoms with E-state index < -0.39 is 5.69 Å². The first-order valence-electron chi connectivity index (χ1n) is 8.28. The second-order valence-electron chi connectivity index (χ2n) is 6.35. The Morgan fingerprint density at radius 2 is 1.88 bits per heavy atom. The van der Waals surface area contributed by atoms with Crippen molar-refractivity contribution in [2.75, 3.05) is 0 Å². The molecule has 0 N–H and O–H groups in total. The van der Waals surface area contributed by atoms with E-state index in [2.05, 4.69) is 9.97 Å². The van der Waals surface area contributed by atoms with Crippen LogP contribution in [0, 0.1) is 0 Å². The van der Waals surface area contributed by atoms with Crippen LogP contribution in [0.25, 0.3) is 11.2 Å². The monoisotopic (exact) mass is 373 g/mol. The Kier molecular flexibility index (Phi) is 5.08. The van der Waals surface area contributed by atoms with Gasteiger partial charge in [0.15, 0.2) is 11.2 Å². The van der Waals surface area contributed by atoms with Gasteiger partial charge < -0.3 is 4.57 Å². The van der Waals surface area contributed by atoms with Gasteiger partial charge in [0.25, 0.3) is 5.56 Å². The third-order valence-electron chi connectivity index (χ3n) is 4.24. The summed E-state index contributed by atoms with van der Waals surface area (Å²) in [4.78, 5) is 33.8. The van der Waals surface area contributed by atoms with Crippen LogP contribution in [0.4, 0.5) is 0 Å². The van der Waals surface area contributed by atoms with Crippen molar-refractivity contribution in [3.05, 3.63) is 67.9 Å². The summed E-state index contributed by atoms with van der Waals surface area (Å²) in [7, 11) is 1.60. The van der Waals surface area contributed by atoms with Gasteiger partial charge in [0.2, 0.25) is 5.28 Å². The SMILES string of the molecule is CC(C)=CCn1c(Cl)nc2c1c(=O)n(CCc1ccncc1)c(=O)n2C. The molecule has 0 aliphatic carbocycles. The Hall–Kier alpha value is -2.67. The van der Waals surface area contributed by atoms with Gasteiger partial charge in [0, 0.05) is 32.5 Å². The predicted molar refractivity (Wildman–Crippen MR) is 102 cm³/mol. The summed E-state index contributed by atoms with van der Waals surface area (Å²) in [5.74, 6) is 0. The molecule has 8 heteroatoms. The normalized spacial score (nSPS) is 11.1. The average Bonchev–Trinajstić information content (AvgIpc) is 2.95. The fraction of sp³-hybridized carbons (Fsp3) is 0.333. The fourth-order valence-corrected chi connectivity index (χ4v) is 3.01. The Labute approximate surface area is 155 Å². The van der Waals surface area contributed by atoms with Crippen LogP contribution < -0.4 is 11.2 Å². The number of pyridine rings is 1. The van der Waals surface area contributed by atoms with E-state index in [9.17, 15) is 9.59 Å². The Balaban J connectivity index is 2.12. The van der Waals surface area contributed by atoms with Crippen molar-refractivity contribution in [2.45, 2.75) is 33.4 Å². The number of halogens is 1. The van der Waals surface area contributed by atoms with Gasteiger partial charge in [0.1, 0.15) is 0 Å². The molecule has 0 unspecified atom stereocenters. The largest absolute Gasteiger partial charge is 0.332 e. The number of imidazole rings is 1. The summed E-state index contributed by atoms with van der Waals surface area (Å²) < 4.78 is 4.24. The van der Waals surface area contributed by atoms with Crippen LogP contribution in [-0.2, 0) is 26.6 Å². The van der Waals surface area contributed by atoms with Crippen LogP contribution in [0.1, 0.15) is 19.4 Å². The molecule has 0 spiro atoms. The minimum atomic E-state index is -0.403. The van der Waals surface area contributed by atoms with Crippen molar-refractivity contribution >= 4 is 22.8 Å². The highest BCUT2D eigenvalue weighted by atomic mass is 35.5. The first kappa shape index (κ1) is 18.1. The second-order valence-corrected chi connectivity index (χ2v) is 6.69. The van der Waals surface area contributed by atoms with Gasteiger partial charge in [-0.15, -0.1) is 0 Å². The lowest BCUT2D eigenvalue weighted by Crippen LogP contribution is -2.40. The van der Waals surface area contributed by atoms with E-state index in [4.69, 9.17) is 11.6 Å². The van der Waals surface area contributed by atoms with E-state index >= 15 is 0 Å². The van der Waals surface area contributed by atoms with Gasteiger partial charge >= 0.3 is 5.69 Å². The van der Waals surface area contributed by atoms with Crippen LogP contribution in [-0.4, -0.2) is 23.7 Å².